The second-order valence-electron chi connectivity index (χ2n) is 3.92. The number of carbonyl (C=O) groups excluding carboxylic acids is 2. The molecule has 0 bridgehead atoms. The molecular weight excluding hydrogens is 260 g/mol. The highest BCUT2D eigenvalue weighted by Gasteiger charge is 2.37. The molecule has 2 rings (SSSR count). The maximum absolute atomic E-state index is 11.8. The fourth-order valence-electron chi connectivity index (χ4n) is 1.87. The molecule has 7 heteroatoms. The Morgan fingerprint density at radius 2 is 2.39 bits per heavy atom. The van der Waals surface area contributed by atoms with Crippen LogP contribution in [0.15, 0.2) is 12.3 Å². The zero-order valence-electron chi connectivity index (χ0n) is 9.59. The Morgan fingerprint density at radius 3 is 3.00 bits per heavy atom. The van der Waals surface area contributed by atoms with Gasteiger partial charge in [-0.1, -0.05) is 11.6 Å². The molecule has 1 aliphatic rings. The molecule has 1 N–H and O–H groups in total. The number of aromatic hydroxyl groups is 1. The Labute approximate surface area is 108 Å². The summed E-state index contributed by atoms with van der Waals surface area (Å²) >= 11 is 5.66. The molecule has 1 aromatic rings. The van der Waals surface area contributed by atoms with Gasteiger partial charge in [0.05, 0.1) is 18.1 Å². The number of rotatable bonds is 2. The molecule has 1 aliphatic heterocycles. The van der Waals surface area contributed by atoms with Crippen LogP contribution in [0.3, 0.4) is 0 Å². The van der Waals surface area contributed by atoms with Crippen molar-refractivity contribution in [1.82, 2.24) is 4.98 Å². The number of carbonyl (C=O) groups is 2. The average molecular weight is 271 g/mol. The largest absolute Gasteiger partial charge is 0.504 e. The van der Waals surface area contributed by atoms with Crippen molar-refractivity contribution in [2.75, 3.05) is 18.6 Å². The lowest BCUT2D eigenvalue weighted by Crippen LogP contribution is -2.27. The van der Waals surface area contributed by atoms with Crippen molar-refractivity contribution < 1.29 is 19.4 Å². The summed E-state index contributed by atoms with van der Waals surface area (Å²) in [6.45, 7) is 0.147. The van der Waals surface area contributed by atoms with Crippen LogP contribution in [0, 0.1) is 5.92 Å². The molecule has 0 aromatic carbocycles. The van der Waals surface area contributed by atoms with Crippen LogP contribution in [0.1, 0.15) is 6.42 Å². The maximum Gasteiger partial charge on any atom is 0.311 e. The number of ether oxygens (including phenoxy) is 1. The van der Waals surface area contributed by atoms with E-state index in [0.29, 0.717) is 0 Å². The van der Waals surface area contributed by atoms with Crippen LogP contribution in [0.5, 0.6) is 5.75 Å². The summed E-state index contributed by atoms with van der Waals surface area (Å²) in [5, 5.41) is 9.97. The summed E-state index contributed by atoms with van der Waals surface area (Å²) in [6, 6.07) is 1.29. The maximum atomic E-state index is 11.8. The molecule has 2 heterocycles. The van der Waals surface area contributed by atoms with E-state index in [1.54, 1.807) is 0 Å². The van der Waals surface area contributed by atoms with Crippen LogP contribution in [0.2, 0.25) is 5.02 Å². The lowest BCUT2D eigenvalue weighted by atomic mass is 10.1. The zero-order chi connectivity index (χ0) is 13.3. The van der Waals surface area contributed by atoms with Crippen LogP contribution in [0.4, 0.5) is 5.82 Å². The van der Waals surface area contributed by atoms with E-state index in [0.717, 1.165) is 0 Å². The third-order valence-electron chi connectivity index (χ3n) is 2.73. The molecule has 1 unspecified atom stereocenters. The zero-order valence-corrected chi connectivity index (χ0v) is 10.3. The van der Waals surface area contributed by atoms with Gasteiger partial charge in [-0.2, -0.15) is 0 Å². The minimum Gasteiger partial charge on any atom is -0.504 e. The van der Waals surface area contributed by atoms with Gasteiger partial charge >= 0.3 is 5.97 Å². The van der Waals surface area contributed by atoms with E-state index in [2.05, 4.69) is 9.72 Å². The number of methoxy groups -OCH3 is 1. The minimum absolute atomic E-state index is 0.0520. The molecule has 96 valence electrons. The summed E-state index contributed by atoms with van der Waals surface area (Å²) in [5.41, 5.74) is 0. The third kappa shape index (κ3) is 2.24. The Kier molecular flexibility index (Phi) is 3.38. The number of esters is 1. The van der Waals surface area contributed by atoms with Gasteiger partial charge in [0, 0.05) is 25.2 Å². The van der Waals surface area contributed by atoms with Gasteiger partial charge in [-0.15, -0.1) is 0 Å². The van der Waals surface area contributed by atoms with Crippen LogP contribution >= 0.6 is 11.6 Å². The minimum atomic E-state index is -0.528. The van der Waals surface area contributed by atoms with Crippen LogP contribution in [0.25, 0.3) is 0 Å². The fourth-order valence-corrected chi connectivity index (χ4v) is 2.02. The monoisotopic (exact) mass is 270 g/mol. The molecule has 18 heavy (non-hydrogen) atoms. The van der Waals surface area contributed by atoms with Crippen molar-refractivity contribution in [1.29, 1.82) is 0 Å². The molecule has 1 aromatic heterocycles. The van der Waals surface area contributed by atoms with Crippen molar-refractivity contribution in [3.8, 4) is 5.75 Å². The Balaban J connectivity index is 2.24. The van der Waals surface area contributed by atoms with E-state index >= 15 is 0 Å². The van der Waals surface area contributed by atoms with E-state index in [9.17, 15) is 14.7 Å². The summed E-state index contributed by atoms with van der Waals surface area (Å²) in [4.78, 5) is 28.3. The SMILES string of the molecule is COC(=O)C1CC(=O)N(c2ncc(Cl)cc2O)C1. The summed E-state index contributed by atoms with van der Waals surface area (Å²) in [5.74, 6) is -1.34. The summed E-state index contributed by atoms with van der Waals surface area (Å²) in [7, 11) is 1.27. The third-order valence-corrected chi connectivity index (χ3v) is 2.94. The predicted octanol–water partition coefficient (Wildman–Crippen LogP) is 0.966. The number of halogens is 1. The standard InChI is InChI=1S/C11H11ClN2O4/c1-18-11(17)6-2-9(16)14(5-6)10-8(15)3-7(12)4-13-10/h3-4,6,15H,2,5H2,1H3. The van der Waals surface area contributed by atoms with Crippen LogP contribution < -0.4 is 4.90 Å². The molecule has 0 radical (unpaired) electrons. The van der Waals surface area contributed by atoms with E-state index in [4.69, 9.17) is 11.6 Å². The quantitative estimate of drug-likeness (QED) is 0.810. The molecule has 0 spiro atoms. The normalized spacial score (nSPS) is 19.1. The molecule has 1 atom stereocenters. The highest BCUT2D eigenvalue weighted by atomic mass is 35.5. The van der Waals surface area contributed by atoms with Gasteiger partial charge in [-0.3, -0.25) is 14.5 Å². The number of anilines is 1. The van der Waals surface area contributed by atoms with Crippen molar-refractivity contribution in [3.63, 3.8) is 0 Å². The van der Waals surface area contributed by atoms with Gasteiger partial charge in [0.25, 0.3) is 0 Å². The number of aromatic nitrogens is 1. The van der Waals surface area contributed by atoms with Gasteiger partial charge in [0.2, 0.25) is 5.91 Å². The van der Waals surface area contributed by atoms with E-state index in [-0.39, 0.29) is 35.5 Å². The van der Waals surface area contributed by atoms with Crippen LogP contribution in [-0.2, 0) is 14.3 Å². The number of nitrogens with zero attached hydrogens (tertiary/aromatic N) is 2. The van der Waals surface area contributed by atoms with Gasteiger partial charge in [0.1, 0.15) is 0 Å². The lowest BCUT2D eigenvalue weighted by molar-refractivity contribution is -0.145. The Bertz CT molecular complexity index is 506. The smallest absolute Gasteiger partial charge is 0.311 e. The molecule has 1 saturated heterocycles. The second-order valence-corrected chi connectivity index (χ2v) is 4.36. The van der Waals surface area contributed by atoms with E-state index in [1.165, 1.54) is 24.3 Å². The Morgan fingerprint density at radius 1 is 1.67 bits per heavy atom. The first-order valence-electron chi connectivity index (χ1n) is 5.25. The van der Waals surface area contributed by atoms with Gasteiger partial charge < -0.3 is 9.84 Å². The molecule has 0 aliphatic carbocycles. The van der Waals surface area contributed by atoms with Gasteiger partial charge in [0.15, 0.2) is 11.6 Å². The summed E-state index contributed by atoms with van der Waals surface area (Å²) in [6.07, 6.45) is 1.38. The highest BCUT2D eigenvalue weighted by Crippen LogP contribution is 2.32. The molecule has 1 fully saturated rings. The molecular formula is C11H11ClN2O4. The highest BCUT2D eigenvalue weighted by molar-refractivity contribution is 6.30. The molecule has 0 saturated carbocycles. The van der Waals surface area contributed by atoms with Crippen molar-refractivity contribution in [3.05, 3.63) is 17.3 Å². The summed E-state index contributed by atoms with van der Waals surface area (Å²) < 4.78 is 4.59. The first-order valence-corrected chi connectivity index (χ1v) is 5.63. The van der Waals surface area contributed by atoms with Gasteiger partial charge in [-0.25, -0.2) is 4.98 Å². The van der Waals surface area contributed by atoms with Crippen molar-refractivity contribution in [2.45, 2.75) is 6.42 Å². The predicted molar refractivity (Wildman–Crippen MR) is 63.4 cm³/mol. The van der Waals surface area contributed by atoms with E-state index < -0.39 is 11.9 Å². The fraction of sp³-hybridized carbons (Fsp3) is 0.364. The van der Waals surface area contributed by atoms with Crippen LogP contribution in [-0.4, -0.2) is 35.6 Å². The molecule has 1 amide bonds. The first-order chi connectivity index (χ1) is 8.52. The number of hydrogen-bond donors (Lipinski definition) is 1. The second kappa shape index (κ2) is 4.81. The topological polar surface area (TPSA) is 79.7 Å². The lowest BCUT2D eigenvalue weighted by Gasteiger charge is -2.16. The Hall–Kier alpha value is -1.82. The number of hydrogen-bond acceptors (Lipinski definition) is 5. The van der Waals surface area contributed by atoms with Gasteiger partial charge in [-0.05, 0) is 0 Å². The van der Waals surface area contributed by atoms with Crippen molar-refractivity contribution in [2.24, 2.45) is 5.92 Å². The van der Waals surface area contributed by atoms with E-state index in [1.807, 2.05) is 0 Å². The first kappa shape index (κ1) is 12.6. The van der Waals surface area contributed by atoms with Crippen molar-refractivity contribution >= 4 is 29.3 Å². The molecule has 6 nitrogen and oxygen atoms in total. The number of amides is 1. The number of pyridine rings is 1. The average Bonchev–Trinajstić information content (AvgIpc) is 2.70.